The van der Waals surface area contributed by atoms with Gasteiger partial charge in [-0.25, -0.2) is 4.79 Å². The minimum atomic E-state index is -0.489. The second-order valence-electron chi connectivity index (χ2n) is 7.34. The fourth-order valence-corrected chi connectivity index (χ4v) is 3.38. The van der Waals surface area contributed by atoms with Crippen LogP contribution in [0.2, 0.25) is 0 Å². The Labute approximate surface area is 189 Å². The predicted molar refractivity (Wildman–Crippen MR) is 125 cm³/mol. The van der Waals surface area contributed by atoms with Gasteiger partial charge in [0.1, 0.15) is 17.1 Å². The average molecular weight is 443 g/mol. The van der Waals surface area contributed by atoms with Crippen LogP contribution in [0.5, 0.6) is 11.5 Å². The largest absolute Gasteiger partial charge is 0.497 e. The Balaban J connectivity index is 1.49. The molecule has 1 N–H and O–H groups in total. The van der Waals surface area contributed by atoms with Gasteiger partial charge in [-0.05, 0) is 66.6 Å². The highest BCUT2D eigenvalue weighted by atomic mass is 16.5. The van der Waals surface area contributed by atoms with Crippen molar-refractivity contribution in [2.45, 2.75) is 6.92 Å². The van der Waals surface area contributed by atoms with Crippen LogP contribution < -0.4 is 20.4 Å². The average Bonchev–Trinajstić information content (AvgIpc) is 2.82. The third-order valence-electron chi connectivity index (χ3n) is 5.06. The van der Waals surface area contributed by atoms with Gasteiger partial charge in [0.2, 0.25) is 0 Å². The number of carbonyl (C=O) groups is 2. The molecule has 0 atom stereocenters. The van der Waals surface area contributed by atoms with Gasteiger partial charge in [0, 0.05) is 28.8 Å². The van der Waals surface area contributed by atoms with Crippen molar-refractivity contribution in [3.05, 3.63) is 88.8 Å². The van der Waals surface area contributed by atoms with Gasteiger partial charge in [-0.15, -0.1) is 0 Å². The summed E-state index contributed by atoms with van der Waals surface area (Å²) in [5.41, 5.74) is 2.56. The fraction of sp³-hybridized carbons (Fsp3) is 0.115. The molecule has 4 rings (SSSR count). The van der Waals surface area contributed by atoms with Crippen LogP contribution in [0.25, 0.3) is 22.1 Å². The van der Waals surface area contributed by atoms with Crippen LogP contribution in [-0.4, -0.2) is 25.4 Å². The first-order valence-corrected chi connectivity index (χ1v) is 10.2. The molecule has 0 saturated carbocycles. The highest BCUT2D eigenvalue weighted by Gasteiger charge is 2.11. The molecule has 3 aromatic carbocycles. The number of benzene rings is 3. The number of ether oxygens (including phenoxy) is 2. The van der Waals surface area contributed by atoms with Gasteiger partial charge < -0.3 is 19.2 Å². The van der Waals surface area contributed by atoms with Crippen LogP contribution in [0.3, 0.4) is 0 Å². The summed E-state index contributed by atoms with van der Waals surface area (Å²) in [5.74, 6) is 0.697. The second-order valence-corrected chi connectivity index (χ2v) is 7.34. The zero-order valence-electron chi connectivity index (χ0n) is 18.1. The molecule has 0 spiro atoms. The summed E-state index contributed by atoms with van der Waals surface area (Å²) in [6.45, 7) is 1.25. The predicted octanol–water partition coefficient (Wildman–Crippen LogP) is 4.69. The number of anilines is 1. The molecule has 0 radical (unpaired) electrons. The first-order valence-electron chi connectivity index (χ1n) is 10.2. The Morgan fingerprint density at radius 3 is 2.27 bits per heavy atom. The SMILES string of the molecule is COc1ccc(-c2cc(=O)oc3cc(OCC(=O)Nc4ccc(C(C)=O)cc4)ccc23)cc1. The van der Waals surface area contributed by atoms with Crippen molar-refractivity contribution in [2.24, 2.45) is 0 Å². The first kappa shape index (κ1) is 21.8. The number of ketones is 1. The lowest BCUT2D eigenvalue weighted by molar-refractivity contribution is -0.118. The van der Waals surface area contributed by atoms with Gasteiger partial charge in [0.15, 0.2) is 12.4 Å². The van der Waals surface area contributed by atoms with Crippen LogP contribution in [0, 0.1) is 0 Å². The standard InChI is InChI=1S/C26H21NO6/c1-16(28)17-3-7-19(8-4-17)27-25(29)15-32-21-11-12-22-23(14-26(30)33-24(22)13-21)18-5-9-20(31-2)10-6-18/h3-14H,15H2,1-2H3,(H,27,29). The Morgan fingerprint density at radius 1 is 0.909 bits per heavy atom. The molecule has 0 bridgehead atoms. The van der Waals surface area contributed by atoms with Crippen molar-refractivity contribution in [1.82, 2.24) is 0 Å². The molecule has 0 aliphatic rings. The van der Waals surface area contributed by atoms with Crippen molar-refractivity contribution >= 4 is 28.3 Å². The Kier molecular flexibility index (Phi) is 6.22. The van der Waals surface area contributed by atoms with E-state index in [2.05, 4.69) is 5.32 Å². The van der Waals surface area contributed by atoms with Crippen LogP contribution >= 0.6 is 0 Å². The van der Waals surface area contributed by atoms with Crippen LogP contribution in [0.4, 0.5) is 5.69 Å². The smallest absolute Gasteiger partial charge is 0.336 e. The molecule has 1 heterocycles. The maximum absolute atomic E-state index is 12.2. The molecule has 7 heteroatoms. The molecular weight excluding hydrogens is 422 g/mol. The minimum Gasteiger partial charge on any atom is -0.497 e. The van der Waals surface area contributed by atoms with E-state index in [1.54, 1.807) is 49.6 Å². The molecule has 4 aromatic rings. The van der Waals surface area contributed by atoms with E-state index in [1.165, 1.54) is 13.0 Å². The van der Waals surface area contributed by atoms with Crippen molar-refractivity contribution in [3.8, 4) is 22.6 Å². The van der Waals surface area contributed by atoms with Crippen molar-refractivity contribution in [2.75, 3.05) is 19.0 Å². The molecule has 1 amide bonds. The van der Waals surface area contributed by atoms with E-state index in [0.717, 1.165) is 22.3 Å². The number of hydrogen-bond donors (Lipinski definition) is 1. The third-order valence-corrected chi connectivity index (χ3v) is 5.06. The number of Topliss-reactive ketones (excluding diaryl/α,β-unsaturated/α-hetero) is 1. The molecule has 0 fully saturated rings. The molecule has 0 aliphatic carbocycles. The molecule has 33 heavy (non-hydrogen) atoms. The molecule has 7 nitrogen and oxygen atoms in total. The van der Waals surface area contributed by atoms with E-state index in [4.69, 9.17) is 13.9 Å². The van der Waals surface area contributed by atoms with E-state index in [0.29, 0.717) is 22.6 Å². The van der Waals surface area contributed by atoms with Crippen LogP contribution in [0.1, 0.15) is 17.3 Å². The second kappa shape index (κ2) is 9.40. The Bertz CT molecular complexity index is 1370. The van der Waals surface area contributed by atoms with Crippen molar-refractivity contribution < 1.29 is 23.5 Å². The number of methoxy groups -OCH3 is 1. The van der Waals surface area contributed by atoms with Gasteiger partial charge in [-0.2, -0.15) is 0 Å². The summed E-state index contributed by atoms with van der Waals surface area (Å²) in [7, 11) is 1.59. The van der Waals surface area contributed by atoms with Gasteiger partial charge >= 0.3 is 5.63 Å². The third kappa shape index (κ3) is 5.10. The monoisotopic (exact) mass is 443 g/mol. The molecule has 1 aromatic heterocycles. The summed E-state index contributed by atoms with van der Waals surface area (Å²) in [4.78, 5) is 35.7. The number of rotatable bonds is 7. The topological polar surface area (TPSA) is 94.8 Å². The lowest BCUT2D eigenvalue weighted by atomic mass is 10.0. The summed E-state index contributed by atoms with van der Waals surface area (Å²) in [5, 5.41) is 3.44. The van der Waals surface area contributed by atoms with E-state index in [1.807, 2.05) is 24.3 Å². The lowest BCUT2D eigenvalue weighted by Gasteiger charge is -2.10. The summed E-state index contributed by atoms with van der Waals surface area (Å²) in [6, 6.07) is 20.5. The molecule has 0 unspecified atom stereocenters. The maximum Gasteiger partial charge on any atom is 0.336 e. The summed E-state index contributed by atoms with van der Waals surface area (Å²) in [6.07, 6.45) is 0. The zero-order valence-corrected chi connectivity index (χ0v) is 18.1. The van der Waals surface area contributed by atoms with Crippen molar-refractivity contribution in [1.29, 1.82) is 0 Å². The first-order chi connectivity index (χ1) is 15.9. The summed E-state index contributed by atoms with van der Waals surface area (Å²) >= 11 is 0. The number of amides is 1. The number of hydrogen-bond acceptors (Lipinski definition) is 6. The molecule has 166 valence electrons. The molecule has 0 aliphatic heterocycles. The van der Waals surface area contributed by atoms with Gasteiger partial charge in [0.05, 0.1) is 7.11 Å². The normalized spacial score (nSPS) is 10.6. The maximum atomic E-state index is 12.2. The minimum absolute atomic E-state index is 0.0469. The number of carbonyl (C=O) groups excluding carboxylic acids is 2. The Morgan fingerprint density at radius 2 is 1.61 bits per heavy atom. The highest BCUT2D eigenvalue weighted by Crippen LogP contribution is 2.30. The van der Waals surface area contributed by atoms with E-state index in [-0.39, 0.29) is 18.3 Å². The molecular formula is C26H21NO6. The number of fused-ring (bicyclic) bond motifs is 1. The number of nitrogens with one attached hydrogen (secondary N) is 1. The quantitative estimate of drug-likeness (QED) is 0.329. The van der Waals surface area contributed by atoms with Crippen molar-refractivity contribution in [3.63, 3.8) is 0 Å². The van der Waals surface area contributed by atoms with E-state index in [9.17, 15) is 14.4 Å². The molecule has 0 saturated heterocycles. The highest BCUT2D eigenvalue weighted by molar-refractivity contribution is 5.96. The zero-order chi connectivity index (χ0) is 23.4. The van der Waals surface area contributed by atoms with Gasteiger partial charge in [-0.3, -0.25) is 9.59 Å². The fourth-order valence-electron chi connectivity index (χ4n) is 3.38. The van der Waals surface area contributed by atoms with Crippen LogP contribution in [0.15, 0.2) is 82.0 Å². The van der Waals surface area contributed by atoms with E-state index < -0.39 is 5.63 Å². The Hall–Kier alpha value is -4.39. The van der Waals surface area contributed by atoms with Gasteiger partial charge in [0.25, 0.3) is 5.91 Å². The lowest BCUT2D eigenvalue weighted by Crippen LogP contribution is -2.20. The van der Waals surface area contributed by atoms with Gasteiger partial charge in [-0.1, -0.05) is 12.1 Å². The van der Waals surface area contributed by atoms with E-state index >= 15 is 0 Å². The summed E-state index contributed by atoms with van der Waals surface area (Å²) < 4.78 is 16.1. The van der Waals surface area contributed by atoms with Crippen LogP contribution in [-0.2, 0) is 4.79 Å².